The van der Waals surface area contributed by atoms with E-state index in [4.69, 9.17) is 5.73 Å². The van der Waals surface area contributed by atoms with Gasteiger partial charge in [0.2, 0.25) is 0 Å². The summed E-state index contributed by atoms with van der Waals surface area (Å²) in [5.41, 5.74) is 4.97. The number of carbonyl (C=O) groups excluding carboxylic acids is 2. The Balaban J connectivity index is 2.95. The highest BCUT2D eigenvalue weighted by Gasteiger charge is 2.10. The molecule has 4 heteroatoms. The Labute approximate surface area is 63.0 Å². The molecule has 0 spiro atoms. The fourth-order valence-electron chi connectivity index (χ4n) is 0.639. The Hall–Kier alpha value is -1.71. The standard InChI is InChI=1S/C7H6N2O2/c8-7(11)6(10)5-2-1-3-9-4-5/h1-4H,(H2,8,11). The molecule has 1 aromatic heterocycles. The Morgan fingerprint density at radius 2 is 2.18 bits per heavy atom. The summed E-state index contributed by atoms with van der Waals surface area (Å²) in [7, 11) is 0. The minimum atomic E-state index is -0.960. The normalized spacial score (nSPS) is 9.09. The van der Waals surface area contributed by atoms with Gasteiger partial charge < -0.3 is 5.73 Å². The monoisotopic (exact) mass is 150 g/mol. The molecule has 1 aromatic rings. The van der Waals surface area contributed by atoms with E-state index in [0.717, 1.165) is 0 Å². The molecular weight excluding hydrogens is 144 g/mol. The van der Waals surface area contributed by atoms with Crippen molar-refractivity contribution in [3.8, 4) is 0 Å². The number of pyridine rings is 1. The van der Waals surface area contributed by atoms with E-state index < -0.39 is 11.7 Å². The Morgan fingerprint density at radius 1 is 1.45 bits per heavy atom. The third-order valence-electron chi connectivity index (χ3n) is 1.15. The van der Waals surface area contributed by atoms with Crippen LogP contribution in [-0.2, 0) is 4.79 Å². The molecule has 0 aliphatic rings. The highest BCUT2D eigenvalue weighted by molar-refractivity contribution is 6.42. The van der Waals surface area contributed by atoms with Crippen LogP contribution >= 0.6 is 0 Å². The van der Waals surface area contributed by atoms with Crippen molar-refractivity contribution in [1.29, 1.82) is 0 Å². The van der Waals surface area contributed by atoms with Gasteiger partial charge in [-0.05, 0) is 12.1 Å². The largest absolute Gasteiger partial charge is 0.363 e. The van der Waals surface area contributed by atoms with Crippen molar-refractivity contribution in [2.45, 2.75) is 0 Å². The Kier molecular flexibility index (Phi) is 1.96. The number of Topliss-reactive ketones (excluding diaryl/α,β-unsaturated/α-hetero) is 1. The topological polar surface area (TPSA) is 73.1 Å². The van der Waals surface area contributed by atoms with Gasteiger partial charge in [0, 0.05) is 18.0 Å². The third-order valence-corrected chi connectivity index (χ3v) is 1.15. The molecule has 4 nitrogen and oxygen atoms in total. The first kappa shape index (κ1) is 7.40. The summed E-state index contributed by atoms with van der Waals surface area (Å²) >= 11 is 0. The smallest absolute Gasteiger partial charge is 0.289 e. The van der Waals surface area contributed by atoms with E-state index in [1.807, 2.05) is 0 Å². The fraction of sp³-hybridized carbons (Fsp3) is 0. The first-order valence-electron chi connectivity index (χ1n) is 2.96. The lowest BCUT2D eigenvalue weighted by molar-refractivity contribution is -0.114. The van der Waals surface area contributed by atoms with Crippen LogP contribution in [0.2, 0.25) is 0 Å². The van der Waals surface area contributed by atoms with Gasteiger partial charge in [0.15, 0.2) is 0 Å². The number of aromatic nitrogens is 1. The third kappa shape index (κ3) is 1.61. The summed E-state index contributed by atoms with van der Waals surface area (Å²) in [5, 5.41) is 0. The van der Waals surface area contributed by atoms with Crippen molar-refractivity contribution >= 4 is 11.7 Å². The Bertz CT molecular complexity index is 282. The van der Waals surface area contributed by atoms with Crippen LogP contribution in [0.25, 0.3) is 0 Å². The summed E-state index contributed by atoms with van der Waals surface area (Å²) in [6.45, 7) is 0. The van der Waals surface area contributed by atoms with Crippen molar-refractivity contribution in [2.24, 2.45) is 5.73 Å². The van der Waals surface area contributed by atoms with Gasteiger partial charge in [0.1, 0.15) is 0 Å². The van der Waals surface area contributed by atoms with Crippen molar-refractivity contribution in [3.05, 3.63) is 30.1 Å². The van der Waals surface area contributed by atoms with Crippen LogP contribution in [0.5, 0.6) is 0 Å². The lowest BCUT2D eigenvalue weighted by Crippen LogP contribution is -2.22. The molecule has 0 atom stereocenters. The second-order valence-corrected chi connectivity index (χ2v) is 1.94. The molecule has 0 saturated heterocycles. The van der Waals surface area contributed by atoms with Gasteiger partial charge in [-0.1, -0.05) is 0 Å². The molecule has 0 aliphatic carbocycles. The molecule has 0 bridgehead atoms. The molecule has 0 unspecified atom stereocenters. The van der Waals surface area contributed by atoms with Crippen LogP contribution in [0.15, 0.2) is 24.5 Å². The minimum Gasteiger partial charge on any atom is -0.363 e. The molecule has 0 aliphatic heterocycles. The maximum atomic E-state index is 10.8. The predicted molar refractivity (Wildman–Crippen MR) is 37.8 cm³/mol. The average molecular weight is 150 g/mol. The highest BCUT2D eigenvalue weighted by atomic mass is 16.2. The number of carbonyl (C=O) groups is 2. The van der Waals surface area contributed by atoms with E-state index in [0.29, 0.717) is 0 Å². The van der Waals surface area contributed by atoms with E-state index in [-0.39, 0.29) is 5.56 Å². The number of rotatable bonds is 2. The number of nitrogens with zero attached hydrogens (tertiary/aromatic N) is 1. The lowest BCUT2D eigenvalue weighted by atomic mass is 10.2. The van der Waals surface area contributed by atoms with Gasteiger partial charge in [0.25, 0.3) is 11.7 Å². The molecule has 1 heterocycles. The number of ketones is 1. The molecule has 2 N–H and O–H groups in total. The first-order valence-corrected chi connectivity index (χ1v) is 2.96. The van der Waals surface area contributed by atoms with E-state index in [1.165, 1.54) is 18.5 Å². The SMILES string of the molecule is NC(=O)C(=O)c1cccnc1. The molecule has 1 amide bonds. The van der Waals surface area contributed by atoms with Crippen molar-refractivity contribution in [1.82, 2.24) is 4.98 Å². The maximum absolute atomic E-state index is 10.8. The van der Waals surface area contributed by atoms with E-state index in [9.17, 15) is 9.59 Å². The van der Waals surface area contributed by atoms with Crippen LogP contribution in [0, 0.1) is 0 Å². The zero-order valence-electron chi connectivity index (χ0n) is 5.65. The zero-order valence-corrected chi connectivity index (χ0v) is 5.65. The Morgan fingerprint density at radius 3 is 2.64 bits per heavy atom. The summed E-state index contributed by atoms with van der Waals surface area (Å²) in [6, 6.07) is 3.05. The number of nitrogens with two attached hydrogens (primary N) is 1. The number of hydrogen-bond acceptors (Lipinski definition) is 3. The molecule has 56 valence electrons. The van der Waals surface area contributed by atoms with Crippen LogP contribution < -0.4 is 5.73 Å². The predicted octanol–water partition coefficient (Wildman–Crippen LogP) is -0.250. The molecule has 0 fully saturated rings. The minimum absolute atomic E-state index is 0.222. The van der Waals surface area contributed by atoms with Gasteiger partial charge in [-0.3, -0.25) is 14.6 Å². The number of primary amides is 1. The van der Waals surface area contributed by atoms with Crippen molar-refractivity contribution in [2.75, 3.05) is 0 Å². The maximum Gasteiger partial charge on any atom is 0.289 e. The van der Waals surface area contributed by atoms with Gasteiger partial charge in [-0.15, -0.1) is 0 Å². The van der Waals surface area contributed by atoms with Crippen LogP contribution in [0.4, 0.5) is 0 Å². The number of hydrogen-bond donors (Lipinski definition) is 1. The summed E-state index contributed by atoms with van der Waals surface area (Å²) in [4.78, 5) is 24.8. The van der Waals surface area contributed by atoms with Gasteiger partial charge >= 0.3 is 0 Å². The quantitative estimate of drug-likeness (QED) is 0.466. The summed E-state index contributed by atoms with van der Waals surface area (Å²) in [5.74, 6) is -1.67. The van der Waals surface area contributed by atoms with E-state index >= 15 is 0 Å². The summed E-state index contributed by atoms with van der Waals surface area (Å²) < 4.78 is 0. The molecule has 11 heavy (non-hydrogen) atoms. The van der Waals surface area contributed by atoms with Crippen LogP contribution in [0.1, 0.15) is 10.4 Å². The molecule has 0 saturated carbocycles. The second kappa shape index (κ2) is 2.92. The average Bonchev–Trinajstić information content (AvgIpc) is 2.05. The van der Waals surface area contributed by atoms with Crippen LogP contribution in [0.3, 0.4) is 0 Å². The first-order chi connectivity index (χ1) is 5.22. The van der Waals surface area contributed by atoms with Crippen molar-refractivity contribution in [3.63, 3.8) is 0 Å². The van der Waals surface area contributed by atoms with Crippen molar-refractivity contribution < 1.29 is 9.59 Å². The fourth-order valence-corrected chi connectivity index (χ4v) is 0.639. The van der Waals surface area contributed by atoms with Gasteiger partial charge in [0.05, 0.1) is 0 Å². The lowest BCUT2D eigenvalue weighted by Gasteiger charge is -1.92. The number of amides is 1. The van der Waals surface area contributed by atoms with E-state index in [2.05, 4.69) is 4.98 Å². The molecule has 1 rings (SSSR count). The second-order valence-electron chi connectivity index (χ2n) is 1.94. The van der Waals surface area contributed by atoms with Gasteiger partial charge in [-0.2, -0.15) is 0 Å². The van der Waals surface area contributed by atoms with Crippen LogP contribution in [-0.4, -0.2) is 16.7 Å². The highest BCUT2D eigenvalue weighted by Crippen LogP contribution is 1.95. The molecule has 0 aromatic carbocycles. The zero-order chi connectivity index (χ0) is 8.27. The summed E-state index contributed by atoms with van der Waals surface area (Å²) in [6.07, 6.45) is 2.81. The van der Waals surface area contributed by atoms with E-state index in [1.54, 1.807) is 6.07 Å². The van der Waals surface area contributed by atoms with Gasteiger partial charge in [-0.25, -0.2) is 0 Å². The molecule has 0 radical (unpaired) electrons. The molecular formula is C7H6N2O2.